The molecule has 7 nitrogen and oxygen atoms in total. The topological polar surface area (TPSA) is 70.7 Å². The normalized spacial score (nSPS) is 24.1. The molecule has 6 rings (SSSR count). The van der Waals surface area contributed by atoms with Gasteiger partial charge in [0.2, 0.25) is 12.4 Å². The number of pyridine rings is 1. The molecule has 0 aromatic carbocycles. The number of nitrogens with zero attached hydrogens (tertiary/aromatic N) is 6. The predicted octanol–water partition coefficient (Wildman–Crippen LogP) is 5.31. The molecule has 1 saturated carbocycles. The Bertz CT molecular complexity index is 1310. The highest BCUT2D eigenvalue weighted by Crippen LogP contribution is 2.39. The van der Waals surface area contributed by atoms with Crippen molar-refractivity contribution in [1.29, 1.82) is 0 Å². The van der Waals surface area contributed by atoms with Crippen molar-refractivity contribution in [3.8, 4) is 11.3 Å². The SMILES string of the molecule is CC1=Nc2ccc(-c3ccn4nc(N[C@@H]5CN(C6CCCC6)CC5(F)F)ncc34)nc2C1CC(F)F. The number of likely N-dealkylation sites (tertiary alicyclic amines) is 1. The van der Waals surface area contributed by atoms with E-state index < -0.39 is 24.3 Å². The number of anilines is 1. The van der Waals surface area contributed by atoms with E-state index in [9.17, 15) is 17.6 Å². The summed E-state index contributed by atoms with van der Waals surface area (Å²) in [5.74, 6) is -3.25. The number of alkyl halides is 4. The fourth-order valence-electron chi connectivity index (χ4n) is 5.75. The molecule has 36 heavy (non-hydrogen) atoms. The summed E-state index contributed by atoms with van der Waals surface area (Å²) in [6, 6.07) is 4.55. The van der Waals surface area contributed by atoms with Gasteiger partial charge in [0, 0.05) is 42.4 Å². The third kappa shape index (κ3) is 4.12. The van der Waals surface area contributed by atoms with Gasteiger partial charge in [-0.15, -0.1) is 5.10 Å². The van der Waals surface area contributed by atoms with Crippen LogP contribution in [0.4, 0.5) is 29.2 Å². The minimum absolute atomic E-state index is 0.130. The molecule has 0 amide bonds. The Hall–Kier alpha value is -3.08. The van der Waals surface area contributed by atoms with E-state index in [1.807, 2.05) is 4.90 Å². The van der Waals surface area contributed by atoms with Crippen LogP contribution >= 0.6 is 0 Å². The van der Waals surface area contributed by atoms with Gasteiger partial charge in [-0.1, -0.05) is 12.8 Å². The van der Waals surface area contributed by atoms with E-state index in [1.165, 1.54) is 0 Å². The van der Waals surface area contributed by atoms with Crippen LogP contribution in [0.2, 0.25) is 0 Å². The Morgan fingerprint density at radius 2 is 1.97 bits per heavy atom. The van der Waals surface area contributed by atoms with Gasteiger partial charge < -0.3 is 5.32 Å². The summed E-state index contributed by atoms with van der Waals surface area (Å²) in [6.07, 6.45) is 4.65. The first kappa shape index (κ1) is 23.3. The standard InChI is InChI=1S/C25H27F4N7/c1-14-17(10-22(26)27)23-19(31-14)7-6-18(32-23)16-8-9-36-20(16)11-30-24(34-36)33-21-12-35(13-25(21,28)29)15-4-2-3-5-15/h6-9,11,15,17,21-22H,2-5,10,12-13H2,1H3,(H,33,34)/t17?,21-/m1/s1. The maximum atomic E-state index is 14.8. The maximum absolute atomic E-state index is 14.8. The lowest BCUT2D eigenvalue weighted by Gasteiger charge is -2.22. The number of rotatable bonds is 6. The number of fused-ring (bicyclic) bond motifs is 2. The van der Waals surface area contributed by atoms with E-state index in [4.69, 9.17) is 0 Å². The van der Waals surface area contributed by atoms with Crippen LogP contribution in [0.25, 0.3) is 16.8 Å². The first-order chi connectivity index (χ1) is 17.3. The monoisotopic (exact) mass is 501 g/mol. The first-order valence-electron chi connectivity index (χ1n) is 12.4. The van der Waals surface area contributed by atoms with E-state index in [0.717, 1.165) is 31.2 Å². The molecule has 0 spiro atoms. The number of aliphatic imine (C=N–C) groups is 1. The third-order valence-corrected chi connectivity index (χ3v) is 7.63. The van der Waals surface area contributed by atoms with Gasteiger partial charge in [0.25, 0.3) is 5.92 Å². The zero-order valence-electron chi connectivity index (χ0n) is 19.8. The van der Waals surface area contributed by atoms with Crippen LogP contribution in [-0.2, 0) is 0 Å². The second-order valence-electron chi connectivity index (χ2n) is 10.0. The van der Waals surface area contributed by atoms with Crippen LogP contribution in [0.15, 0.2) is 35.6 Å². The molecule has 3 aliphatic rings. The lowest BCUT2D eigenvalue weighted by Crippen LogP contribution is -2.38. The third-order valence-electron chi connectivity index (χ3n) is 7.63. The van der Waals surface area contributed by atoms with Gasteiger partial charge in [0.1, 0.15) is 6.04 Å². The van der Waals surface area contributed by atoms with Crippen molar-refractivity contribution >= 4 is 22.9 Å². The average molecular weight is 502 g/mol. The van der Waals surface area contributed by atoms with Gasteiger partial charge in [-0.3, -0.25) is 9.89 Å². The fourth-order valence-corrected chi connectivity index (χ4v) is 5.75. The minimum Gasteiger partial charge on any atom is -0.343 e. The second-order valence-corrected chi connectivity index (χ2v) is 10.0. The molecule has 1 saturated heterocycles. The van der Waals surface area contributed by atoms with Crippen molar-refractivity contribution in [3.05, 3.63) is 36.3 Å². The lowest BCUT2D eigenvalue weighted by atomic mass is 9.97. The van der Waals surface area contributed by atoms with Crippen molar-refractivity contribution in [2.45, 2.75) is 69.4 Å². The van der Waals surface area contributed by atoms with Gasteiger partial charge in [-0.05, 0) is 38.0 Å². The van der Waals surface area contributed by atoms with Crippen LogP contribution in [0.5, 0.6) is 0 Å². The summed E-state index contributed by atoms with van der Waals surface area (Å²) in [6.45, 7) is 1.76. The van der Waals surface area contributed by atoms with Crippen molar-refractivity contribution in [1.82, 2.24) is 24.5 Å². The molecule has 11 heteroatoms. The number of nitrogens with one attached hydrogen (secondary N) is 1. The quantitative estimate of drug-likeness (QED) is 0.464. The maximum Gasteiger partial charge on any atom is 0.281 e. The highest BCUT2D eigenvalue weighted by atomic mass is 19.3. The first-order valence-corrected chi connectivity index (χ1v) is 12.4. The number of aromatic nitrogens is 4. The Morgan fingerprint density at radius 3 is 2.75 bits per heavy atom. The van der Waals surface area contributed by atoms with Crippen LogP contribution < -0.4 is 5.32 Å². The molecule has 1 N–H and O–H groups in total. The summed E-state index contributed by atoms with van der Waals surface area (Å²) < 4.78 is 57.3. The molecule has 1 aliphatic carbocycles. The van der Waals surface area contributed by atoms with Gasteiger partial charge in [-0.25, -0.2) is 32.0 Å². The molecule has 2 atom stereocenters. The summed E-state index contributed by atoms with van der Waals surface area (Å²) in [4.78, 5) is 15.3. The Balaban J connectivity index is 1.23. The van der Waals surface area contributed by atoms with Gasteiger partial charge in [0.05, 0.1) is 35.3 Å². The number of halogens is 4. The molecule has 5 heterocycles. The highest BCUT2D eigenvalue weighted by Gasteiger charge is 2.50. The Labute approximate surface area is 205 Å². The van der Waals surface area contributed by atoms with E-state index in [1.54, 1.807) is 42.0 Å². The minimum atomic E-state index is -2.87. The molecule has 2 fully saturated rings. The molecular formula is C25H27F4N7. The second kappa shape index (κ2) is 8.79. The Kier molecular flexibility index (Phi) is 5.70. The molecule has 0 bridgehead atoms. The molecule has 1 unspecified atom stereocenters. The molecule has 3 aromatic rings. The van der Waals surface area contributed by atoms with Crippen molar-refractivity contribution in [2.75, 3.05) is 18.4 Å². The van der Waals surface area contributed by atoms with Crippen LogP contribution in [0.3, 0.4) is 0 Å². The van der Waals surface area contributed by atoms with Gasteiger partial charge >= 0.3 is 0 Å². The van der Waals surface area contributed by atoms with E-state index in [2.05, 4.69) is 25.4 Å². The van der Waals surface area contributed by atoms with Crippen LogP contribution in [-0.4, -0.2) is 67.7 Å². The molecule has 0 radical (unpaired) electrons. The lowest BCUT2D eigenvalue weighted by molar-refractivity contribution is 0.000250. The highest BCUT2D eigenvalue weighted by molar-refractivity contribution is 5.96. The average Bonchev–Trinajstić information content (AvgIpc) is 3.61. The van der Waals surface area contributed by atoms with Crippen LogP contribution in [0.1, 0.15) is 50.6 Å². The summed E-state index contributed by atoms with van der Waals surface area (Å²) in [5, 5.41) is 7.26. The van der Waals surface area contributed by atoms with Crippen molar-refractivity contribution in [3.63, 3.8) is 0 Å². The van der Waals surface area contributed by atoms with Gasteiger partial charge in [-0.2, -0.15) is 0 Å². The zero-order valence-corrected chi connectivity index (χ0v) is 19.8. The van der Waals surface area contributed by atoms with E-state index >= 15 is 0 Å². The predicted molar refractivity (Wildman–Crippen MR) is 129 cm³/mol. The molecule has 190 valence electrons. The number of hydrogen-bond acceptors (Lipinski definition) is 6. The number of hydrogen-bond donors (Lipinski definition) is 1. The summed E-state index contributed by atoms with van der Waals surface area (Å²) in [5.41, 5.74) is 3.74. The molecule has 2 aliphatic heterocycles. The fraction of sp³-hybridized carbons (Fsp3) is 0.520. The van der Waals surface area contributed by atoms with Crippen molar-refractivity contribution < 1.29 is 17.6 Å². The van der Waals surface area contributed by atoms with Crippen molar-refractivity contribution in [2.24, 2.45) is 4.99 Å². The largest absolute Gasteiger partial charge is 0.343 e. The van der Waals surface area contributed by atoms with Crippen LogP contribution in [0, 0.1) is 0 Å². The summed E-state index contributed by atoms with van der Waals surface area (Å²) in [7, 11) is 0. The summed E-state index contributed by atoms with van der Waals surface area (Å²) >= 11 is 0. The zero-order chi connectivity index (χ0) is 25.0. The molecular weight excluding hydrogens is 474 g/mol. The van der Waals surface area contributed by atoms with E-state index in [0.29, 0.717) is 28.3 Å². The van der Waals surface area contributed by atoms with Gasteiger partial charge in [0.15, 0.2) is 0 Å². The Morgan fingerprint density at radius 1 is 1.17 bits per heavy atom. The smallest absolute Gasteiger partial charge is 0.281 e. The van der Waals surface area contributed by atoms with E-state index in [-0.39, 0.29) is 31.5 Å². The molecule has 3 aromatic heterocycles.